The summed E-state index contributed by atoms with van der Waals surface area (Å²) >= 11 is 0. The number of hydrogen-bond acceptors (Lipinski definition) is 1. The van der Waals surface area contributed by atoms with Crippen LogP contribution in [0.15, 0.2) is 24.3 Å². The van der Waals surface area contributed by atoms with Gasteiger partial charge in [-0.1, -0.05) is 25.5 Å². The normalized spacial score (nSPS) is 32.6. The molecule has 0 unspecified atom stereocenters. The van der Waals surface area contributed by atoms with E-state index >= 15 is 0 Å². The number of rotatable bonds is 4. The van der Waals surface area contributed by atoms with Crippen molar-refractivity contribution < 1.29 is 14.5 Å². The summed E-state index contributed by atoms with van der Waals surface area (Å²) in [6, 6.07) is 9.43. The standard InChI is InChI=1S/C19H30N2O/c1-16-6-5-8-18(14-16)21-12-10-20(11-13-21)15-17-7-3-4-9-19(17)22-2/h3-4,7,9,16,18H,5-6,8,10-15H2,1-2H3/p+2/t16-,18-/m0/s1. The van der Waals surface area contributed by atoms with Crippen LogP contribution in [-0.4, -0.2) is 39.3 Å². The van der Waals surface area contributed by atoms with E-state index in [1.54, 1.807) is 12.0 Å². The van der Waals surface area contributed by atoms with E-state index in [0.717, 1.165) is 24.3 Å². The molecule has 2 aliphatic rings. The maximum Gasteiger partial charge on any atom is 0.127 e. The fourth-order valence-electron chi connectivity index (χ4n) is 4.43. The number of quaternary nitrogens is 2. The molecule has 2 N–H and O–H groups in total. The molecule has 1 saturated carbocycles. The van der Waals surface area contributed by atoms with Crippen LogP contribution in [0, 0.1) is 5.92 Å². The number of ether oxygens (including phenoxy) is 1. The Hall–Kier alpha value is -1.06. The van der Waals surface area contributed by atoms with Crippen molar-refractivity contribution in [3.05, 3.63) is 29.8 Å². The predicted octanol–water partition coefficient (Wildman–Crippen LogP) is 0.557. The number of methoxy groups -OCH3 is 1. The highest BCUT2D eigenvalue weighted by Crippen LogP contribution is 2.22. The van der Waals surface area contributed by atoms with Gasteiger partial charge in [0.05, 0.1) is 13.2 Å². The van der Waals surface area contributed by atoms with E-state index in [9.17, 15) is 0 Å². The molecule has 1 aromatic rings. The fourth-order valence-corrected chi connectivity index (χ4v) is 4.43. The van der Waals surface area contributed by atoms with Crippen LogP contribution in [0.4, 0.5) is 0 Å². The number of nitrogens with one attached hydrogen (secondary N) is 2. The summed E-state index contributed by atoms with van der Waals surface area (Å²) in [5.41, 5.74) is 1.36. The van der Waals surface area contributed by atoms with Gasteiger partial charge in [-0.3, -0.25) is 0 Å². The van der Waals surface area contributed by atoms with E-state index in [0.29, 0.717) is 0 Å². The minimum atomic E-state index is 0.941. The van der Waals surface area contributed by atoms with Crippen molar-refractivity contribution in [3.63, 3.8) is 0 Å². The Bertz CT molecular complexity index is 468. The SMILES string of the molecule is COc1ccccc1C[NH+]1CC[NH+]([C@H]2CCC[C@H](C)C2)CC1. The van der Waals surface area contributed by atoms with Crippen LogP contribution >= 0.6 is 0 Å². The third-order valence-electron chi connectivity index (χ3n) is 5.75. The molecular weight excluding hydrogens is 272 g/mol. The quantitative estimate of drug-likeness (QED) is 0.832. The average Bonchev–Trinajstić information content (AvgIpc) is 2.56. The molecule has 1 aromatic carbocycles. The van der Waals surface area contributed by atoms with E-state index in [1.807, 2.05) is 4.90 Å². The average molecular weight is 304 g/mol. The maximum atomic E-state index is 5.50. The lowest BCUT2D eigenvalue weighted by Gasteiger charge is -2.37. The molecule has 0 radical (unpaired) electrons. The van der Waals surface area contributed by atoms with Crippen LogP contribution in [0.2, 0.25) is 0 Å². The molecule has 3 rings (SSSR count). The zero-order chi connectivity index (χ0) is 15.4. The minimum absolute atomic E-state index is 0.941. The summed E-state index contributed by atoms with van der Waals surface area (Å²) in [6.07, 6.45) is 5.82. The van der Waals surface area contributed by atoms with Crippen molar-refractivity contribution in [1.29, 1.82) is 0 Å². The number of para-hydroxylation sites is 1. The van der Waals surface area contributed by atoms with Crippen LogP contribution in [0.3, 0.4) is 0 Å². The number of hydrogen-bond donors (Lipinski definition) is 2. The fraction of sp³-hybridized carbons (Fsp3) is 0.684. The number of benzene rings is 1. The van der Waals surface area contributed by atoms with Gasteiger partial charge in [0.1, 0.15) is 38.5 Å². The van der Waals surface area contributed by atoms with Crippen LogP contribution in [0.1, 0.15) is 38.2 Å². The minimum Gasteiger partial charge on any atom is -0.496 e. The lowest BCUT2D eigenvalue weighted by molar-refractivity contribution is -1.03. The van der Waals surface area contributed by atoms with E-state index in [2.05, 4.69) is 31.2 Å². The van der Waals surface area contributed by atoms with Crippen LogP contribution in [0.5, 0.6) is 5.75 Å². The Kier molecular flexibility index (Phi) is 5.37. The highest BCUT2D eigenvalue weighted by atomic mass is 16.5. The van der Waals surface area contributed by atoms with Crippen molar-refractivity contribution in [2.75, 3.05) is 33.3 Å². The van der Waals surface area contributed by atoms with Crippen molar-refractivity contribution in [3.8, 4) is 5.75 Å². The second-order valence-electron chi connectivity index (χ2n) is 7.37. The lowest BCUT2D eigenvalue weighted by atomic mass is 9.86. The lowest BCUT2D eigenvalue weighted by Crippen LogP contribution is -3.29. The molecule has 1 aliphatic heterocycles. The monoisotopic (exact) mass is 304 g/mol. The van der Waals surface area contributed by atoms with Gasteiger partial charge in [-0.15, -0.1) is 0 Å². The molecule has 2 atom stereocenters. The van der Waals surface area contributed by atoms with E-state index < -0.39 is 0 Å². The van der Waals surface area contributed by atoms with Crippen molar-refractivity contribution in [1.82, 2.24) is 0 Å². The summed E-state index contributed by atoms with van der Waals surface area (Å²) in [4.78, 5) is 3.60. The third-order valence-corrected chi connectivity index (χ3v) is 5.75. The number of piperazine rings is 1. The molecule has 122 valence electrons. The van der Waals surface area contributed by atoms with Crippen LogP contribution in [-0.2, 0) is 6.54 Å². The molecule has 1 aliphatic carbocycles. The van der Waals surface area contributed by atoms with E-state index in [-0.39, 0.29) is 0 Å². The Morgan fingerprint density at radius 3 is 2.59 bits per heavy atom. The zero-order valence-electron chi connectivity index (χ0n) is 14.2. The van der Waals surface area contributed by atoms with Crippen LogP contribution in [0.25, 0.3) is 0 Å². The second kappa shape index (κ2) is 7.47. The summed E-state index contributed by atoms with van der Waals surface area (Å²) < 4.78 is 5.50. The summed E-state index contributed by atoms with van der Waals surface area (Å²) in [6.45, 7) is 8.85. The summed E-state index contributed by atoms with van der Waals surface area (Å²) in [5, 5.41) is 0. The Morgan fingerprint density at radius 2 is 1.86 bits per heavy atom. The smallest absolute Gasteiger partial charge is 0.127 e. The maximum absolute atomic E-state index is 5.50. The van der Waals surface area contributed by atoms with E-state index in [1.165, 1.54) is 57.4 Å². The molecule has 1 saturated heterocycles. The molecule has 0 aromatic heterocycles. The molecule has 0 spiro atoms. The molecule has 2 fully saturated rings. The summed E-state index contributed by atoms with van der Waals surface area (Å²) in [7, 11) is 1.78. The Labute approximate surface area is 135 Å². The molecule has 1 heterocycles. The van der Waals surface area contributed by atoms with Gasteiger partial charge in [-0.25, -0.2) is 0 Å². The first-order chi connectivity index (χ1) is 10.8. The topological polar surface area (TPSA) is 18.1 Å². The highest BCUT2D eigenvalue weighted by Gasteiger charge is 2.32. The first kappa shape index (κ1) is 15.8. The molecule has 3 nitrogen and oxygen atoms in total. The summed E-state index contributed by atoms with van der Waals surface area (Å²) in [5.74, 6) is 2.00. The van der Waals surface area contributed by atoms with Crippen molar-refractivity contribution >= 4 is 0 Å². The molecule has 3 heteroatoms. The van der Waals surface area contributed by atoms with Gasteiger partial charge in [-0.05, 0) is 30.9 Å². The van der Waals surface area contributed by atoms with Gasteiger partial charge in [0.15, 0.2) is 0 Å². The van der Waals surface area contributed by atoms with Gasteiger partial charge in [-0.2, -0.15) is 0 Å². The van der Waals surface area contributed by atoms with Gasteiger partial charge >= 0.3 is 0 Å². The zero-order valence-corrected chi connectivity index (χ0v) is 14.2. The van der Waals surface area contributed by atoms with Crippen molar-refractivity contribution in [2.45, 2.75) is 45.2 Å². The van der Waals surface area contributed by atoms with Gasteiger partial charge in [0, 0.05) is 12.0 Å². The largest absolute Gasteiger partial charge is 0.496 e. The predicted molar refractivity (Wildman–Crippen MR) is 89.5 cm³/mol. The molecule has 0 amide bonds. The Balaban J connectivity index is 1.51. The van der Waals surface area contributed by atoms with Crippen molar-refractivity contribution in [2.24, 2.45) is 5.92 Å². The Morgan fingerprint density at radius 1 is 1.09 bits per heavy atom. The van der Waals surface area contributed by atoms with Crippen LogP contribution < -0.4 is 14.5 Å². The third kappa shape index (κ3) is 3.82. The van der Waals surface area contributed by atoms with Gasteiger partial charge in [0.25, 0.3) is 0 Å². The van der Waals surface area contributed by atoms with Gasteiger partial charge < -0.3 is 14.5 Å². The second-order valence-corrected chi connectivity index (χ2v) is 7.37. The first-order valence-corrected chi connectivity index (χ1v) is 9.06. The first-order valence-electron chi connectivity index (χ1n) is 9.06. The highest BCUT2D eigenvalue weighted by molar-refractivity contribution is 5.32. The van der Waals surface area contributed by atoms with Gasteiger partial charge in [0.2, 0.25) is 0 Å². The molecule has 0 bridgehead atoms. The molecular formula is C19H32N2O+2. The van der Waals surface area contributed by atoms with E-state index in [4.69, 9.17) is 4.74 Å². The molecule has 22 heavy (non-hydrogen) atoms.